The van der Waals surface area contributed by atoms with Crippen LogP contribution in [0, 0.1) is 0 Å². The molecule has 2 aromatic carbocycles. The van der Waals surface area contributed by atoms with Crippen molar-refractivity contribution in [1.29, 1.82) is 0 Å². The lowest BCUT2D eigenvalue weighted by Crippen LogP contribution is -2.09. The zero-order chi connectivity index (χ0) is 23.4. The van der Waals surface area contributed by atoms with Crippen molar-refractivity contribution < 1.29 is 0 Å². The molecule has 1 aromatic heterocycles. The number of nitrogens with one attached hydrogen (secondary N) is 2. The smallest absolute Gasteiger partial charge is 0.157 e. The molecule has 4 heteroatoms. The molecule has 0 aliphatic heterocycles. The Morgan fingerprint density at radius 3 is 1.41 bits per heavy atom. The molecule has 0 radical (unpaired) electrons. The quantitative estimate of drug-likeness (QED) is 0.376. The Balaban J connectivity index is 2.09. The summed E-state index contributed by atoms with van der Waals surface area (Å²) in [4.78, 5) is 8.97. The van der Waals surface area contributed by atoms with E-state index >= 15 is 0 Å². The molecule has 0 unspecified atom stereocenters. The largest absolute Gasteiger partial charge is 0.351 e. The van der Waals surface area contributed by atoms with E-state index < -0.39 is 0 Å². The van der Waals surface area contributed by atoms with E-state index in [2.05, 4.69) is 112 Å². The van der Waals surface area contributed by atoms with Crippen LogP contribution in [0.3, 0.4) is 0 Å². The molecule has 32 heavy (non-hydrogen) atoms. The lowest BCUT2D eigenvalue weighted by Gasteiger charge is -2.24. The van der Waals surface area contributed by atoms with Crippen LogP contribution in [0.2, 0.25) is 0 Å². The van der Waals surface area contributed by atoms with E-state index in [0.29, 0.717) is 23.7 Å². The van der Waals surface area contributed by atoms with Crippen LogP contribution in [-0.4, -0.2) is 9.97 Å². The molecule has 0 fully saturated rings. The highest BCUT2D eigenvalue weighted by Crippen LogP contribution is 2.38. The molecule has 0 atom stereocenters. The molecule has 0 aliphatic rings. The molecule has 0 amide bonds. The maximum Gasteiger partial charge on any atom is 0.157 e. The van der Waals surface area contributed by atoms with Crippen LogP contribution in [0.15, 0.2) is 48.9 Å². The predicted molar refractivity (Wildman–Crippen MR) is 138 cm³/mol. The van der Waals surface area contributed by atoms with Gasteiger partial charge in [-0.1, -0.05) is 91.8 Å². The van der Waals surface area contributed by atoms with Gasteiger partial charge in [-0.25, -0.2) is 9.97 Å². The molecule has 3 rings (SSSR count). The summed E-state index contributed by atoms with van der Waals surface area (Å²) in [5.41, 5.74) is 8.40. The Labute approximate surface area is 193 Å². The molecule has 0 saturated heterocycles. The second-order valence-corrected chi connectivity index (χ2v) is 9.78. The minimum Gasteiger partial charge on any atom is -0.351 e. The van der Waals surface area contributed by atoms with Crippen molar-refractivity contribution in [3.63, 3.8) is 0 Å². The number of benzene rings is 2. The Hall–Kier alpha value is -2.88. The highest BCUT2D eigenvalue weighted by Gasteiger charge is 2.18. The Morgan fingerprint density at radius 2 is 1.00 bits per heavy atom. The fourth-order valence-corrected chi connectivity index (χ4v) is 4.16. The number of para-hydroxylation sites is 2. The fourth-order valence-electron chi connectivity index (χ4n) is 4.16. The third-order valence-corrected chi connectivity index (χ3v) is 5.96. The summed E-state index contributed by atoms with van der Waals surface area (Å²) in [6, 6.07) is 13.1. The van der Waals surface area contributed by atoms with E-state index in [1.807, 2.05) is 6.20 Å². The number of hydrogen-bond acceptors (Lipinski definition) is 4. The van der Waals surface area contributed by atoms with Crippen LogP contribution in [0.5, 0.6) is 0 Å². The van der Waals surface area contributed by atoms with Crippen molar-refractivity contribution in [3.05, 3.63) is 71.2 Å². The van der Waals surface area contributed by atoms with Gasteiger partial charge in [-0.3, -0.25) is 0 Å². The van der Waals surface area contributed by atoms with Crippen LogP contribution in [0.4, 0.5) is 22.9 Å². The summed E-state index contributed by atoms with van der Waals surface area (Å²) in [7, 11) is 0. The molecule has 1 heterocycles. The van der Waals surface area contributed by atoms with Gasteiger partial charge in [-0.2, -0.15) is 0 Å². The zero-order valence-corrected chi connectivity index (χ0v) is 20.8. The van der Waals surface area contributed by atoms with Crippen molar-refractivity contribution >= 4 is 22.9 Å². The zero-order valence-electron chi connectivity index (χ0n) is 20.8. The Bertz CT molecular complexity index is 914. The fraction of sp³-hybridized carbons (Fsp3) is 0.429. The average Bonchev–Trinajstić information content (AvgIpc) is 2.74. The van der Waals surface area contributed by atoms with Crippen LogP contribution >= 0.6 is 0 Å². The topological polar surface area (TPSA) is 49.8 Å². The van der Waals surface area contributed by atoms with Gasteiger partial charge in [0, 0.05) is 11.4 Å². The molecular formula is C28H38N4. The van der Waals surface area contributed by atoms with Gasteiger partial charge in [0.2, 0.25) is 0 Å². The highest BCUT2D eigenvalue weighted by atomic mass is 15.1. The number of hydrogen-bond donors (Lipinski definition) is 2. The van der Waals surface area contributed by atoms with E-state index in [-0.39, 0.29) is 0 Å². The van der Waals surface area contributed by atoms with Gasteiger partial charge >= 0.3 is 0 Å². The number of rotatable bonds is 8. The second kappa shape index (κ2) is 10.2. The van der Waals surface area contributed by atoms with Gasteiger partial charge in [-0.15, -0.1) is 0 Å². The molecule has 0 saturated carbocycles. The van der Waals surface area contributed by atoms with Crippen molar-refractivity contribution in [3.8, 4) is 0 Å². The summed E-state index contributed by atoms with van der Waals surface area (Å²) >= 11 is 0. The van der Waals surface area contributed by atoms with Crippen LogP contribution < -0.4 is 10.6 Å². The SMILES string of the molecule is CC(C)c1cccc(C(C)C)c1Nc1cncnc1Nc1c(C(C)C)cccc1C(C)C. The first kappa shape index (κ1) is 23.8. The van der Waals surface area contributed by atoms with Crippen molar-refractivity contribution in [2.24, 2.45) is 0 Å². The first-order valence-electron chi connectivity index (χ1n) is 11.8. The normalized spacial score (nSPS) is 11.6. The van der Waals surface area contributed by atoms with E-state index in [0.717, 1.165) is 22.9 Å². The molecule has 170 valence electrons. The summed E-state index contributed by atoms with van der Waals surface area (Å²) in [5.74, 6) is 2.42. The maximum absolute atomic E-state index is 4.64. The van der Waals surface area contributed by atoms with Gasteiger partial charge in [0.05, 0.1) is 6.20 Å². The Kier molecular flexibility index (Phi) is 7.55. The highest BCUT2D eigenvalue weighted by molar-refractivity contribution is 5.79. The third kappa shape index (κ3) is 5.12. The lowest BCUT2D eigenvalue weighted by atomic mass is 9.92. The lowest BCUT2D eigenvalue weighted by molar-refractivity contribution is 0.836. The Morgan fingerprint density at radius 1 is 0.594 bits per heavy atom. The monoisotopic (exact) mass is 430 g/mol. The maximum atomic E-state index is 4.64. The van der Waals surface area contributed by atoms with Crippen LogP contribution in [0.1, 0.15) is 101 Å². The summed E-state index contributed by atoms with van der Waals surface area (Å²) in [6.07, 6.45) is 3.47. The summed E-state index contributed by atoms with van der Waals surface area (Å²) in [5, 5.41) is 7.38. The van der Waals surface area contributed by atoms with Crippen molar-refractivity contribution in [2.45, 2.75) is 79.1 Å². The molecule has 3 aromatic rings. The summed E-state index contributed by atoms with van der Waals surface area (Å²) in [6.45, 7) is 17.9. The first-order valence-corrected chi connectivity index (χ1v) is 11.8. The van der Waals surface area contributed by atoms with Gasteiger partial charge in [-0.05, 0) is 45.9 Å². The number of nitrogens with zero attached hydrogens (tertiary/aromatic N) is 2. The predicted octanol–water partition coefficient (Wildman–Crippen LogP) is 8.46. The van der Waals surface area contributed by atoms with Gasteiger partial charge < -0.3 is 10.6 Å². The van der Waals surface area contributed by atoms with E-state index in [4.69, 9.17) is 0 Å². The molecule has 0 bridgehead atoms. The van der Waals surface area contributed by atoms with Crippen molar-refractivity contribution in [1.82, 2.24) is 9.97 Å². The number of anilines is 4. The van der Waals surface area contributed by atoms with Gasteiger partial charge in [0.1, 0.15) is 12.0 Å². The molecule has 0 spiro atoms. The molecular weight excluding hydrogens is 392 g/mol. The molecule has 0 aliphatic carbocycles. The van der Waals surface area contributed by atoms with Gasteiger partial charge in [0.15, 0.2) is 5.82 Å². The minimum absolute atomic E-state index is 0.406. The second-order valence-electron chi connectivity index (χ2n) is 9.78. The van der Waals surface area contributed by atoms with Crippen LogP contribution in [-0.2, 0) is 0 Å². The summed E-state index contributed by atoms with van der Waals surface area (Å²) < 4.78 is 0. The van der Waals surface area contributed by atoms with E-state index in [1.165, 1.54) is 22.3 Å². The third-order valence-electron chi connectivity index (χ3n) is 5.96. The number of aromatic nitrogens is 2. The molecule has 4 nitrogen and oxygen atoms in total. The molecule has 2 N–H and O–H groups in total. The first-order chi connectivity index (χ1) is 15.2. The average molecular weight is 431 g/mol. The van der Waals surface area contributed by atoms with E-state index in [9.17, 15) is 0 Å². The van der Waals surface area contributed by atoms with Gasteiger partial charge in [0.25, 0.3) is 0 Å². The minimum atomic E-state index is 0.406. The van der Waals surface area contributed by atoms with Crippen molar-refractivity contribution in [2.75, 3.05) is 10.6 Å². The van der Waals surface area contributed by atoms with Crippen LogP contribution in [0.25, 0.3) is 0 Å². The van der Waals surface area contributed by atoms with E-state index in [1.54, 1.807) is 6.33 Å². The standard InChI is InChI=1S/C28H38N4/c1-17(2)21-11-9-12-22(18(3)4)26(21)31-25-15-29-16-30-28(25)32-27-23(19(5)6)13-10-14-24(27)20(7)8/h9-20,31H,1-8H3,(H,29,30,32).